The lowest BCUT2D eigenvalue weighted by Gasteiger charge is -2.06. The van der Waals surface area contributed by atoms with E-state index in [0.717, 1.165) is 11.1 Å². The third-order valence-electron chi connectivity index (χ3n) is 3.66. The van der Waals surface area contributed by atoms with Crippen LogP contribution in [0.2, 0.25) is 0 Å². The van der Waals surface area contributed by atoms with Gasteiger partial charge in [0.05, 0.1) is 16.8 Å². The minimum atomic E-state index is -0.453. The number of nitrogens with one attached hydrogen (secondary N) is 1. The van der Waals surface area contributed by atoms with E-state index in [1.54, 1.807) is 42.6 Å². The fourth-order valence-corrected chi connectivity index (χ4v) is 2.28. The molecule has 3 aromatic carbocycles. The molecule has 7 heteroatoms. The number of benzene rings is 3. The average molecular weight is 365 g/mol. The number of anilines is 1. The van der Waals surface area contributed by atoms with Gasteiger partial charge >= 0.3 is 0 Å². The topological polar surface area (TPSA) is 76.8 Å². The summed E-state index contributed by atoms with van der Waals surface area (Å²) in [6, 6.07) is 19.5. The van der Waals surface area contributed by atoms with Crippen molar-refractivity contribution < 1.29 is 14.1 Å². The Kier molecular flexibility index (Phi) is 5.73. The summed E-state index contributed by atoms with van der Waals surface area (Å²) in [7, 11) is 0. The van der Waals surface area contributed by atoms with Crippen LogP contribution in [-0.2, 0) is 6.61 Å². The van der Waals surface area contributed by atoms with Crippen molar-refractivity contribution >= 4 is 17.6 Å². The maximum Gasteiger partial charge on any atom is 0.269 e. The lowest BCUT2D eigenvalue weighted by atomic mass is 10.2. The molecule has 0 fully saturated rings. The van der Waals surface area contributed by atoms with Crippen LogP contribution in [0.5, 0.6) is 5.75 Å². The van der Waals surface area contributed by atoms with Crippen molar-refractivity contribution in [2.75, 3.05) is 5.43 Å². The smallest absolute Gasteiger partial charge is 0.269 e. The van der Waals surface area contributed by atoms with Crippen LogP contribution < -0.4 is 10.2 Å². The molecule has 27 heavy (non-hydrogen) atoms. The minimum Gasteiger partial charge on any atom is -0.489 e. The van der Waals surface area contributed by atoms with Gasteiger partial charge in [-0.05, 0) is 59.7 Å². The Morgan fingerprint density at radius 2 is 1.81 bits per heavy atom. The van der Waals surface area contributed by atoms with Crippen molar-refractivity contribution in [2.24, 2.45) is 5.10 Å². The molecule has 0 aliphatic carbocycles. The van der Waals surface area contributed by atoms with Gasteiger partial charge in [0.2, 0.25) is 0 Å². The summed E-state index contributed by atoms with van der Waals surface area (Å²) >= 11 is 0. The second-order valence-electron chi connectivity index (χ2n) is 5.66. The highest BCUT2D eigenvalue weighted by Crippen LogP contribution is 2.16. The van der Waals surface area contributed by atoms with Crippen molar-refractivity contribution in [3.05, 3.63) is 99.9 Å². The summed E-state index contributed by atoms with van der Waals surface area (Å²) in [5.41, 5.74) is 5.08. The second-order valence-corrected chi connectivity index (χ2v) is 5.66. The third-order valence-corrected chi connectivity index (χ3v) is 3.66. The number of hydrazone groups is 1. The first kappa shape index (κ1) is 18.1. The van der Waals surface area contributed by atoms with E-state index in [1.807, 2.05) is 12.1 Å². The molecule has 0 radical (unpaired) electrons. The van der Waals surface area contributed by atoms with Gasteiger partial charge in [0.15, 0.2) is 0 Å². The first-order valence-corrected chi connectivity index (χ1v) is 8.11. The molecular formula is C20H16FN3O3. The monoisotopic (exact) mass is 365 g/mol. The molecule has 0 atom stereocenters. The Hall–Kier alpha value is -3.74. The van der Waals surface area contributed by atoms with Gasteiger partial charge in [0.1, 0.15) is 18.2 Å². The Morgan fingerprint density at radius 3 is 2.48 bits per heavy atom. The largest absolute Gasteiger partial charge is 0.489 e. The molecule has 3 aromatic rings. The summed E-state index contributed by atoms with van der Waals surface area (Å²) < 4.78 is 18.8. The van der Waals surface area contributed by atoms with Gasteiger partial charge in [-0.25, -0.2) is 4.39 Å². The molecule has 136 valence electrons. The molecule has 0 aliphatic heterocycles. The molecule has 0 heterocycles. The van der Waals surface area contributed by atoms with Crippen molar-refractivity contribution in [3.63, 3.8) is 0 Å². The third kappa shape index (κ3) is 5.37. The van der Waals surface area contributed by atoms with E-state index in [4.69, 9.17) is 4.74 Å². The summed E-state index contributed by atoms with van der Waals surface area (Å²) in [5, 5.41) is 14.7. The van der Waals surface area contributed by atoms with Crippen molar-refractivity contribution in [1.82, 2.24) is 0 Å². The van der Waals surface area contributed by atoms with Gasteiger partial charge in [0.25, 0.3) is 5.69 Å². The Morgan fingerprint density at radius 1 is 1.07 bits per heavy atom. The number of hydrogen-bond acceptors (Lipinski definition) is 5. The first-order chi connectivity index (χ1) is 13.1. The van der Waals surface area contributed by atoms with Crippen LogP contribution in [0.1, 0.15) is 11.1 Å². The fourth-order valence-electron chi connectivity index (χ4n) is 2.28. The van der Waals surface area contributed by atoms with E-state index >= 15 is 0 Å². The number of ether oxygens (including phenoxy) is 1. The highest BCUT2D eigenvalue weighted by Gasteiger charge is 2.03. The summed E-state index contributed by atoms with van der Waals surface area (Å²) in [5.74, 6) is 0.378. The molecule has 0 saturated heterocycles. The van der Waals surface area contributed by atoms with Crippen LogP contribution in [0.4, 0.5) is 15.8 Å². The molecule has 1 N–H and O–H groups in total. The number of halogens is 1. The highest BCUT2D eigenvalue weighted by molar-refractivity contribution is 5.80. The average Bonchev–Trinajstić information content (AvgIpc) is 2.68. The van der Waals surface area contributed by atoms with Crippen molar-refractivity contribution in [3.8, 4) is 5.75 Å². The lowest BCUT2D eigenvalue weighted by Crippen LogP contribution is -1.96. The zero-order chi connectivity index (χ0) is 19.1. The predicted octanol–water partition coefficient (Wildman–Crippen LogP) is 4.76. The van der Waals surface area contributed by atoms with E-state index in [0.29, 0.717) is 11.4 Å². The van der Waals surface area contributed by atoms with E-state index in [9.17, 15) is 14.5 Å². The van der Waals surface area contributed by atoms with Crippen molar-refractivity contribution in [1.29, 1.82) is 0 Å². The molecule has 0 aliphatic rings. The van der Waals surface area contributed by atoms with Crippen LogP contribution >= 0.6 is 0 Å². The van der Waals surface area contributed by atoms with E-state index in [2.05, 4.69) is 10.5 Å². The zero-order valence-electron chi connectivity index (χ0n) is 14.2. The van der Waals surface area contributed by atoms with Crippen LogP contribution in [0.3, 0.4) is 0 Å². The number of non-ortho nitro benzene ring substituents is 1. The first-order valence-electron chi connectivity index (χ1n) is 8.11. The number of rotatable bonds is 7. The van der Waals surface area contributed by atoms with Gasteiger partial charge in [-0.3, -0.25) is 15.5 Å². The Labute approximate surface area is 155 Å². The van der Waals surface area contributed by atoms with Gasteiger partial charge in [0, 0.05) is 12.1 Å². The Balaban J connectivity index is 1.52. The SMILES string of the molecule is O=[N+]([O-])c1ccc(N/N=C/c2ccc(OCc3cccc(F)c3)cc2)cc1. The maximum atomic E-state index is 13.1. The van der Waals surface area contributed by atoms with Gasteiger partial charge in [-0.15, -0.1) is 0 Å². The summed E-state index contributed by atoms with van der Waals surface area (Å²) in [4.78, 5) is 10.2. The van der Waals surface area contributed by atoms with Gasteiger partial charge in [-0.2, -0.15) is 5.10 Å². The molecule has 0 saturated carbocycles. The number of hydrogen-bond donors (Lipinski definition) is 1. The Bertz CT molecular complexity index is 941. The highest BCUT2D eigenvalue weighted by atomic mass is 19.1. The quantitative estimate of drug-likeness (QED) is 0.372. The number of nitrogens with zero attached hydrogens (tertiary/aromatic N) is 2. The maximum absolute atomic E-state index is 13.1. The molecule has 0 spiro atoms. The molecule has 6 nitrogen and oxygen atoms in total. The molecule has 0 amide bonds. The molecule has 0 bridgehead atoms. The van der Waals surface area contributed by atoms with E-state index < -0.39 is 4.92 Å². The second kappa shape index (κ2) is 8.57. The van der Waals surface area contributed by atoms with Crippen molar-refractivity contribution in [2.45, 2.75) is 6.61 Å². The van der Waals surface area contributed by atoms with E-state index in [-0.39, 0.29) is 18.1 Å². The molecular weight excluding hydrogens is 349 g/mol. The number of nitro benzene ring substituents is 1. The molecule has 0 unspecified atom stereocenters. The standard InChI is InChI=1S/C20H16FN3O3/c21-17-3-1-2-16(12-17)14-27-20-10-4-15(5-11-20)13-22-23-18-6-8-19(9-7-18)24(25)26/h1-13,23H,14H2/b22-13+. The zero-order valence-corrected chi connectivity index (χ0v) is 14.2. The minimum absolute atomic E-state index is 0.0263. The normalized spacial score (nSPS) is 10.7. The number of nitro groups is 1. The summed E-state index contributed by atoms with van der Waals surface area (Å²) in [6.45, 7) is 0.285. The lowest BCUT2D eigenvalue weighted by molar-refractivity contribution is -0.384. The predicted molar refractivity (Wildman–Crippen MR) is 101 cm³/mol. The van der Waals surface area contributed by atoms with Gasteiger partial charge < -0.3 is 4.74 Å². The molecule has 0 aromatic heterocycles. The van der Waals surface area contributed by atoms with Crippen LogP contribution in [0, 0.1) is 15.9 Å². The van der Waals surface area contributed by atoms with Crippen LogP contribution in [0.15, 0.2) is 77.9 Å². The molecule has 3 rings (SSSR count). The summed E-state index contributed by atoms with van der Waals surface area (Å²) in [6.07, 6.45) is 1.62. The van der Waals surface area contributed by atoms with Gasteiger partial charge in [-0.1, -0.05) is 12.1 Å². The van der Waals surface area contributed by atoms with E-state index in [1.165, 1.54) is 24.3 Å². The van der Waals surface area contributed by atoms with Crippen LogP contribution in [-0.4, -0.2) is 11.1 Å². The fraction of sp³-hybridized carbons (Fsp3) is 0.0500. The van der Waals surface area contributed by atoms with Crippen LogP contribution in [0.25, 0.3) is 0 Å².